The lowest BCUT2D eigenvalue weighted by molar-refractivity contribution is 0.340. The molecule has 0 atom stereocenters. The molecule has 0 bridgehead atoms. The largest absolute Gasteiger partial charge is 0.497 e. The van der Waals surface area contributed by atoms with Crippen LogP contribution < -0.4 is 14.2 Å². The van der Waals surface area contributed by atoms with Crippen LogP contribution in [0.25, 0.3) is 0 Å². The summed E-state index contributed by atoms with van der Waals surface area (Å²) < 4.78 is 37.3. The molecule has 0 aliphatic heterocycles. The molecule has 5 nitrogen and oxygen atoms in total. The molecule has 0 fully saturated rings. The molecule has 0 aliphatic carbocycles. The van der Waals surface area contributed by atoms with E-state index in [4.69, 9.17) is 9.47 Å². The molecule has 6 heteroatoms. The fourth-order valence-electron chi connectivity index (χ4n) is 1.89. The van der Waals surface area contributed by atoms with Crippen molar-refractivity contribution in [1.82, 2.24) is 4.72 Å². The fourth-order valence-corrected chi connectivity index (χ4v) is 2.90. The first kappa shape index (κ1) is 16.3. The van der Waals surface area contributed by atoms with Crippen molar-refractivity contribution in [2.45, 2.75) is 18.4 Å². The Balaban J connectivity index is 2.02. The second kappa shape index (κ2) is 7.29. The van der Waals surface area contributed by atoms with Gasteiger partial charge in [-0.2, -0.15) is 0 Å². The molecule has 0 radical (unpaired) electrons. The van der Waals surface area contributed by atoms with Gasteiger partial charge in [0.15, 0.2) is 0 Å². The minimum atomic E-state index is -3.54. The van der Waals surface area contributed by atoms with Crippen LogP contribution in [-0.4, -0.2) is 22.1 Å². The van der Waals surface area contributed by atoms with Gasteiger partial charge in [-0.25, -0.2) is 13.1 Å². The van der Waals surface area contributed by atoms with E-state index in [1.165, 1.54) is 19.2 Å². The van der Waals surface area contributed by atoms with Crippen molar-refractivity contribution in [2.75, 3.05) is 13.7 Å². The van der Waals surface area contributed by atoms with E-state index in [1.54, 1.807) is 12.1 Å². The molecule has 2 aromatic rings. The van der Waals surface area contributed by atoms with Gasteiger partial charge in [-0.1, -0.05) is 12.1 Å². The number of benzene rings is 2. The topological polar surface area (TPSA) is 64.6 Å². The number of ether oxygens (including phenoxy) is 2. The Labute approximate surface area is 130 Å². The van der Waals surface area contributed by atoms with E-state index in [0.29, 0.717) is 12.4 Å². The lowest BCUT2D eigenvalue weighted by Gasteiger charge is -2.08. The molecule has 1 N–H and O–H groups in total. The zero-order valence-corrected chi connectivity index (χ0v) is 13.4. The molecule has 118 valence electrons. The highest BCUT2D eigenvalue weighted by Gasteiger charge is 2.13. The van der Waals surface area contributed by atoms with Gasteiger partial charge in [0.1, 0.15) is 11.5 Å². The van der Waals surface area contributed by atoms with Gasteiger partial charge in [0.05, 0.1) is 18.6 Å². The molecule has 2 rings (SSSR count). The predicted octanol–water partition coefficient (Wildman–Crippen LogP) is 2.57. The summed E-state index contributed by atoms with van der Waals surface area (Å²) in [7, 11) is -2.01. The molecule has 22 heavy (non-hydrogen) atoms. The van der Waals surface area contributed by atoms with Crippen molar-refractivity contribution < 1.29 is 17.9 Å². The lowest BCUT2D eigenvalue weighted by atomic mass is 10.2. The van der Waals surface area contributed by atoms with E-state index < -0.39 is 10.0 Å². The summed E-state index contributed by atoms with van der Waals surface area (Å²) in [5.41, 5.74) is 0.862. The molecule has 0 amide bonds. The van der Waals surface area contributed by atoms with Gasteiger partial charge in [0, 0.05) is 6.54 Å². The molecule has 0 heterocycles. The highest BCUT2D eigenvalue weighted by atomic mass is 32.2. The summed E-state index contributed by atoms with van der Waals surface area (Å²) in [6.07, 6.45) is 0. The Morgan fingerprint density at radius 3 is 2.09 bits per heavy atom. The zero-order valence-electron chi connectivity index (χ0n) is 12.6. The Morgan fingerprint density at radius 1 is 0.955 bits per heavy atom. The van der Waals surface area contributed by atoms with Gasteiger partial charge >= 0.3 is 0 Å². The average Bonchev–Trinajstić information content (AvgIpc) is 2.55. The van der Waals surface area contributed by atoms with Crippen LogP contribution in [0, 0.1) is 0 Å². The van der Waals surface area contributed by atoms with Gasteiger partial charge in [0.25, 0.3) is 0 Å². The normalized spacial score (nSPS) is 11.2. The number of hydrogen-bond donors (Lipinski definition) is 1. The molecular formula is C16H19NO4S. The first-order chi connectivity index (χ1) is 10.5. The van der Waals surface area contributed by atoms with Crippen LogP contribution in [0.2, 0.25) is 0 Å². The summed E-state index contributed by atoms with van der Waals surface area (Å²) in [4.78, 5) is 0.208. The first-order valence-corrected chi connectivity index (χ1v) is 8.39. The molecule has 2 aromatic carbocycles. The average molecular weight is 321 g/mol. The van der Waals surface area contributed by atoms with Gasteiger partial charge < -0.3 is 9.47 Å². The van der Waals surface area contributed by atoms with Crippen molar-refractivity contribution >= 4 is 10.0 Å². The van der Waals surface area contributed by atoms with Crippen molar-refractivity contribution in [2.24, 2.45) is 0 Å². The smallest absolute Gasteiger partial charge is 0.240 e. The molecule has 0 saturated carbocycles. The molecule has 0 aromatic heterocycles. The van der Waals surface area contributed by atoms with Crippen LogP contribution >= 0.6 is 0 Å². The highest BCUT2D eigenvalue weighted by molar-refractivity contribution is 7.89. The lowest BCUT2D eigenvalue weighted by Crippen LogP contribution is -2.23. The highest BCUT2D eigenvalue weighted by Crippen LogP contribution is 2.16. The zero-order chi connectivity index (χ0) is 16.0. The number of nitrogens with one attached hydrogen (secondary N) is 1. The number of sulfonamides is 1. The molecular weight excluding hydrogens is 302 g/mol. The van der Waals surface area contributed by atoms with Crippen LogP contribution in [0.5, 0.6) is 11.5 Å². The van der Waals surface area contributed by atoms with Crippen LogP contribution in [-0.2, 0) is 16.6 Å². The van der Waals surface area contributed by atoms with E-state index in [-0.39, 0.29) is 11.4 Å². The Morgan fingerprint density at radius 2 is 1.55 bits per heavy atom. The van der Waals surface area contributed by atoms with E-state index in [0.717, 1.165) is 11.3 Å². The van der Waals surface area contributed by atoms with Crippen LogP contribution in [0.3, 0.4) is 0 Å². The summed E-state index contributed by atoms with van der Waals surface area (Å²) in [5, 5.41) is 0. The molecule has 0 unspecified atom stereocenters. The summed E-state index contributed by atoms with van der Waals surface area (Å²) in [6.45, 7) is 2.74. The number of rotatable bonds is 7. The minimum Gasteiger partial charge on any atom is -0.497 e. The maximum absolute atomic E-state index is 12.2. The number of methoxy groups -OCH3 is 1. The Hall–Kier alpha value is -2.05. The van der Waals surface area contributed by atoms with Crippen molar-refractivity contribution in [3.8, 4) is 11.5 Å². The van der Waals surface area contributed by atoms with Gasteiger partial charge in [0.2, 0.25) is 10.0 Å². The molecule has 0 spiro atoms. The standard InChI is InChI=1S/C16H19NO4S/c1-3-21-15-6-4-13(5-7-15)12-17-22(18,19)16-10-8-14(20-2)9-11-16/h4-11,17H,3,12H2,1-2H3. The maximum Gasteiger partial charge on any atom is 0.240 e. The van der Waals surface area contributed by atoms with Gasteiger partial charge in [-0.15, -0.1) is 0 Å². The summed E-state index contributed by atoms with van der Waals surface area (Å²) in [6, 6.07) is 13.6. The predicted molar refractivity (Wildman–Crippen MR) is 84.6 cm³/mol. The second-order valence-corrected chi connectivity index (χ2v) is 6.34. The van der Waals surface area contributed by atoms with Gasteiger partial charge in [-0.05, 0) is 48.9 Å². The third-order valence-corrected chi connectivity index (χ3v) is 4.49. The maximum atomic E-state index is 12.2. The van der Waals surface area contributed by atoms with Crippen LogP contribution in [0.4, 0.5) is 0 Å². The van der Waals surface area contributed by atoms with E-state index >= 15 is 0 Å². The monoisotopic (exact) mass is 321 g/mol. The molecule has 0 saturated heterocycles. The molecule has 0 aliphatic rings. The van der Waals surface area contributed by atoms with E-state index in [9.17, 15) is 8.42 Å². The van der Waals surface area contributed by atoms with Crippen LogP contribution in [0.15, 0.2) is 53.4 Å². The number of hydrogen-bond acceptors (Lipinski definition) is 4. The summed E-state index contributed by atoms with van der Waals surface area (Å²) >= 11 is 0. The van der Waals surface area contributed by atoms with E-state index in [2.05, 4.69) is 4.72 Å². The summed E-state index contributed by atoms with van der Waals surface area (Å²) in [5.74, 6) is 1.38. The van der Waals surface area contributed by atoms with Crippen molar-refractivity contribution in [1.29, 1.82) is 0 Å². The Kier molecular flexibility index (Phi) is 5.41. The van der Waals surface area contributed by atoms with Crippen LogP contribution in [0.1, 0.15) is 12.5 Å². The van der Waals surface area contributed by atoms with Crippen molar-refractivity contribution in [3.05, 3.63) is 54.1 Å². The Bertz CT molecular complexity index is 694. The van der Waals surface area contributed by atoms with Gasteiger partial charge in [-0.3, -0.25) is 0 Å². The quantitative estimate of drug-likeness (QED) is 0.851. The van der Waals surface area contributed by atoms with Crippen molar-refractivity contribution in [3.63, 3.8) is 0 Å². The third kappa shape index (κ3) is 4.22. The third-order valence-electron chi connectivity index (χ3n) is 3.07. The first-order valence-electron chi connectivity index (χ1n) is 6.90. The fraction of sp³-hybridized carbons (Fsp3) is 0.250. The second-order valence-electron chi connectivity index (χ2n) is 4.58. The SMILES string of the molecule is CCOc1ccc(CNS(=O)(=O)c2ccc(OC)cc2)cc1. The minimum absolute atomic E-state index is 0.208. The van der Waals surface area contributed by atoms with E-state index in [1.807, 2.05) is 31.2 Å².